The average molecular weight is 293 g/mol. The molecule has 0 saturated carbocycles. The smallest absolute Gasteiger partial charge is 0.239 e. The molecule has 0 aliphatic carbocycles. The molecule has 6 heteroatoms. The van der Waals surface area contributed by atoms with E-state index in [-0.39, 0.29) is 18.4 Å². The summed E-state index contributed by atoms with van der Waals surface area (Å²) in [4.78, 5) is 22.7. The second-order valence-electron chi connectivity index (χ2n) is 5.93. The fourth-order valence-electron chi connectivity index (χ4n) is 1.70. The molecule has 1 heterocycles. The number of carbonyl (C=O) groups is 1. The molecule has 1 rings (SSSR count). The third-order valence-electron chi connectivity index (χ3n) is 2.98. The van der Waals surface area contributed by atoms with Gasteiger partial charge < -0.3 is 15.5 Å². The largest absolute Gasteiger partial charge is 0.373 e. The van der Waals surface area contributed by atoms with Crippen molar-refractivity contribution in [3.8, 4) is 0 Å². The third-order valence-corrected chi connectivity index (χ3v) is 2.98. The molecule has 0 bridgehead atoms. The van der Waals surface area contributed by atoms with Crippen molar-refractivity contribution in [3.05, 3.63) is 11.9 Å². The molecule has 0 radical (unpaired) electrons. The molecular weight excluding hydrogens is 266 g/mol. The Morgan fingerprint density at radius 2 is 1.95 bits per heavy atom. The van der Waals surface area contributed by atoms with Crippen LogP contribution in [0.3, 0.4) is 0 Å². The Balaban J connectivity index is 2.79. The summed E-state index contributed by atoms with van der Waals surface area (Å²) in [6.45, 7) is 9.22. The fraction of sp³-hybridized carbons (Fsp3) is 0.667. The lowest BCUT2D eigenvalue weighted by atomic mass is 10.2. The zero-order valence-corrected chi connectivity index (χ0v) is 13.9. The van der Waals surface area contributed by atoms with Crippen LogP contribution in [-0.2, 0) is 4.79 Å². The number of aromatic nitrogens is 2. The van der Waals surface area contributed by atoms with Crippen molar-refractivity contribution in [1.29, 1.82) is 0 Å². The third kappa shape index (κ3) is 5.57. The predicted molar refractivity (Wildman–Crippen MR) is 86.8 cm³/mol. The molecule has 0 spiro atoms. The Bertz CT molecular complexity index is 473. The molecule has 0 aromatic carbocycles. The van der Waals surface area contributed by atoms with Gasteiger partial charge in [-0.3, -0.25) is 4.79 Å². The Kier molecular flexibility index (Phi) is 6.39. The van der Waals surface area contributed by atoms with Crippen molar-refractivity contribution in [2.45, 2.75) is 33.6 Å². The van der Waals surface area contributed by atoms with E-state index in [4.69, 9.17) is 0 Å². The molecule has 1 aromatic heterocycles. The normalized spacial score (nSPS) is 10.9. The van der Waals surface area contributed by atoms with Crippen LogP contribution in [0.2, 0.25) is 0 Å². The lowest BCUT2D eigenvalue weighted by Gasteiger charge is -2.20. The van der Waals surface area contributed by atoms with E-state index in [1.807, 2.05) is 38.9 Å². The second kappa shape index (κ2) is 7.81. The van der Waals surface area contributed by atoms with E-state index in [2.05, 4.69) is 34.4 Å². The zero-order chi connectivity index (χ0) is 16.0. The van der Waals surface area contributed by atoms with E-state index in [1.165, 1.54) is 0 Å². The standard InChI is InChI=1S/C15H27N5O/c1-10(2)8-17-14(21)9-20(6)13-7-12(16-5)18-15(19-13)11(3)4/h7,10-11H,8-9H2,1-6H3,(H,17,21)(H,16,18,19). The number of nitrogens with zero attached hydrogens (tertiary/aromatic N) is 3. The van der Waals surface area contributed by atoms with Gasteiger partial charge in [0.1, 0.15) is 17.5 Å². The van der Waals surface area contributed by atoms with Gasteiger partial charge in [-0.25, -0.2) is 9.97 Å². The highest BCUT2D eigenvalue weighted by atomic mass is 16.2. The maximum Gasteiger partial charge on any atom is 0.239 e. The number of amides is 1. The maximum absolute atomic E-state index is 11.9. The number of hydrogen-bond donors (Lipinski definition) is 2. The van der Waals surface area contributed by atoms with Crippen LogP contribution in [0.15, 0.2) is 6.07 Å². The van der Waals surface area contributed by atoms with E-state index in [1.54, 1.807) is 0 Å². The highest BCUT2D eigenvalue weighted by Crippen LogP contribution is 2.18. The highest BCUT2D eigenvalue weighted by molar-refractivity contribution is 5.81. The molecule has 1 amide bonds. The summed E-state index contributed by atoms with van der Waals surface area (Å²) >= 11 is 0. The Morgan fingerprint density at radius 1 is 1.29 bits per heavy atom. The van der Waals surface area contributed by atoms with Crippen molar-refractivity contribution >= 4 is 17.5 Å². The minimum Gasteiger partial charge on any atom is -0.373 e. The molecule has 0 saturated heterocycles. The van der Waals surface area contributed by atoms with Gasteiger partial charge in [0.15, 0.2) is 0 Å². The SMILES string of the molecule is CNc1cc(N(C)CC(=O)NCC(C)C)nc(C(C)C)n1. The summed E-state index contributed by atoms with van der Waals surface area (Å²) in [5.41, 5.74) is 0. The first-order valence-corrected chi connectivity index (χ1v) is 7.38. The second-order valence-corrected chi connectivity index (χ2v) is 5.93. The van der Waals surface area contributed by atoms with Crippen LogP contribution in [0.25, 0.3) is 0 Å². The Hall–Kier alpha value is -1.85. The predicted octanol–water partition coefficient (Wildman–Crippen LogP) is 1.85. The van der Waals surface area contributed by atoms with E-state index < -0.39 is 0 Å². The molecule has 0 atom stereocenters. The zero-order valence-electron chi connectivity index (χ0n) is 13.9. The summed E-state index contributed by atoms with van der Waals surface area (Å²) in [5, 5.41) is 5.94. The van der Waals surface area contributed by atoms with Gasteiger partial charge in [-0.1, -0.05) is 27.7 Å². The van der Waals surface area contributed by atoms with Crippen molar-refractivity contribution < 1.29 is 4.79 Å². The van der Waals surface area contributed by atoms with E-state index in [0.717, 1.165) is 17.5 Å². The van der Waals surface area contributed by atoms with Crippen molar-refractivity contribution in [2.24, 2.45) is 5.92 Å². The highest BCUT2D eigenvalue weighted by Gasteiger charge is 2.13. The number of rotatable bonds is 7. The number of hydrogen-bond acceptors (Lipinski definition) is 5. The van der Waals surface area contributed by atoms with Crippen molar-refractivity contribution in [2.75, 3.05) is 37.4 Å². The van der Waals surface area contributed by atoms with Gasteiger partial charge in [-0.2, -0.15) is 0 Å². The topological polar surface area (TPSA) is 70.2 Å². The van der Waals surface area contributed by atoms with E-state index in [0.29, 0.717) is 12.5 Å². The Morgan fingerprint density at radius 3 is 2.48 bits per heavy atom. The first kappa shape index (κ1) is 17.2. The monoisotopic (exact) mass is 293 g/mol. The van der Waals surface area contributed by atoms with Gasteiger partial charge in [0.25, 0.3) is 0 Å². The molecule has 2 N–H and O–H groups in total. The quantitative estimate of drug-likeness (QED) is 0.803. The molecule has 0 aliphatic rings. The lowest BCUT2D eigenvalue weighted by Crippen LogP contribution is -2.37. The molecule has 0 unspecified atom stereocenters. The van der Waals surface area contributed by atoms with Gasteiger partial charge in [0.05, 0.1) is 6.54 Å². The van der Waals surface area contributed by atoms with Crippen molar-refractivity contribution in [1.82, 2.24) is 15.3 Å². The molecular formula is C15H27N5O. The van der Waals surface area contributed by atoms with E-state index in [9.17, 15) is 4.79 Å². The number of nitrogens with one attached hydrogen (secondary N) is 2. The van der Waals surface area contributed by atoms with E-state index >= 15 is 0 Å². The summed E-state index contributed by atoms with van der Waals surface area (Å²) in [6, 6.07) is 1.85. The number of carbonyl (C=O) groups excluding carboxylic acids is 1. The Labute approximate surface area is 127 Å². The first-order valence-electron chi connectivity index (χ1n) is 7.38. The first-order chi connectivity index (χ1) is 9.83. The summed E-state index contributed by atoms with van der Waals surface area (Å²) in [5.74, 6) is 2.96. The molecule has 0 fully saturated rings. The van der Waals surface area contributed by atoms with Crippen LogP contribution in [0, 0.1) is 5.92 Å². The van der Waals surface area contributed by atoms with Gasteiger partial charge in [0.2, 0.25) is 5.91 Å². The summed E-state index contributed by atoms with van der Waals surface area (Å²) in [7, 11) is 3.69. The molecule has 0 aliphatic heterocycles. The molecule has 21 heavy (non-hydrogen) atoms. The number of likely N-dealkylation sites (N-methyl/N-ethyl adjacent to an activating group) is 1. The van der Waals surface area contributed by atoms with Gasteiger partial charge in [0, 0.05) is 32.6 Å². The molecule has 118 valence electrons. The summed E-state index contributed by atoms with van der Waals surface area (Å²) in [6.07, 6.45) is 0. The van der Waals surface area contributed by atoms with Crippen LogP contribution in [0.1, 0.15) is 39.4 Å². The van der Waals surface area contributed by atoms with Crippen LogP contribution < -0.4 is 15.5 Å². The average Bonchev–Trinajstić information content (AvgIpc) is 2.44. The van der Waals surface area contributed by atoms with Gasteiger partial charge >= 0.3 is 0 Å². The summed E-state index contributed by atoms with van der Waals surface area (Å²) < 4.78 is 0. The fourth-order valence-corrected chi connectivity index (χ4v) is 1.70. The molecule has 6 nitrogen and oxygen atoms in total. The van der Waals surface area contributed by atoms with Gasteiger partial charge in [-0.15, -0.1) is 0 Å². The van der Waals surface area contributed by atoms with Crippen LogP contribution in [0.5, 0.6) is 0 Å². The lowest BCUT2D eigenvalue weighted by molar-refractivity contribution is -0.119. The number of anilines is 2. The minimum atomic E-state index is 0.00177. The van der Waals surface area contributed by atoms with Crippen molar-refractivity contribution in [3.63, 3.8) is 0 Å². The van der Waals surface area contributed by atoms with Crippen LogP contribution in [0.4, 0.5) is 11.6 Å². The minimum absolute atomic E-state index is 0.00177. The molecule has 1 aromatic rings. The van der Waals surface area contributed by atoms with Crippen LogP contribution >= 0.6 is 0 Å². The van der Waals surface area contributed by atoms with Gasteiger partial charge in [-0.05, 0) is 5.92 Å². The van der Waals surface area contributed by atoms with Crippen LogP contribution in [-0.4, -0.2) is 43.1 Å². The maximum atomic E-state index is 11.9.